The molecule has 15 heavy (non-hydrogen) atoms. The minimum Gasteiger partial charge on any atom is -0.325 e. The molecule has 0 spiro atoms. The summed E-state index contributed by atoms with van der Waals surface area (Å²) in [6.45, 7) is 3.60. The number of halogens is 1. The van der Waals surface area contributed by atoms with Crippen molar-refractivity contribution in [1.82, 2.24) is 4.98 Å². The molecule has 0 atom stereocenters. The first-order valence-corrected chi connectivity index (χ1v) is 4.95. The number of rotatable bonds is 3. The standard InChI is InChI=1S/C10H14ClN3O/c1-10(2,12)5-9(15)14-7-3-4-8(11)13-6-7/h3-4,6H,5,12H2,1-2H3,(H,14,15). The SMILES string of the molecule is CC(C)(N)CC(=O)Nc1ccc(Cl)nc1. The Kier molecular flexibility index (Phi) is 3.66. The number of nitrogens with two attached hydrogens (primary N) is 1. The van der Waals surface area contributed by atoms with Crippen LogP contribution in [0.15, 0.2) is 18.3 Å². The Morgan fingerprint density at radius 3 is 2.73 bits per heavy atom. The van der Waals surface area contributed by atoms with Gasteiger partial charge in [0.15, 0.2) is 0 Å². The molecule has 0 unspecified atom stereocenters. The Morgan fingerprint density at radius 1 is 1.60 bits per heavy atom. The van der Waals surface area contributed by atoms with E-state index in [4.69, 9.17) is 17.3 Å². The second-order valence-corrected chi connectivity index (χ2v) is 4.47. The maximum absolute atomic E-state index is 11.5. The zero-order valence-electron chi connectivity index (χ0n) is 8.75. The number of aromatic nitrogens is 1. The van der Waals surface area contributed by atoms with E-state index in [2.05, 4.69) is 10.3 Å². The Labute approximate surface area is 93.8 Å². The van der Waals surface area contributed by atoms with Gasteiger partial charge in [-0.1, -0.05) is 11.6 Å². The molecule has 0 aromatic carbocycles. The van der Waals surface area contributed by atoms with E-state index in [9.17, 15) is 4.79 Å². The van der Waals surface area contributed by atoms with Crippen molar-refractivity contribution >= 4 is 23.2 Å². The molecule has 5 heteroatoms. The van der Waals surface area contributed by atoms with Crippen LogP contribution in [0.1, 0.15) is 20.3 Å². The van der Waals surface area contributed by atoms with Gasteiger partial charge in [-0.15, -0.1) is 0 Å². The van der Waals surface area contributed by atoms with Gasteiger partial charge in [-0.3, -0.25) is 4.79 Å². The maximum atomic E-state index is 11.5. The highest BCUT2D eigenvalue weighted by Crippen LogP contribution is 2.11. The molecule has 1 aromatic rings. The highest BCUT2D eigenvalue weighted by atomic mass is 35.5. The van der Waals surface area contributed by atoms with Crippen LogP contribution in [0.4, 0.5) is 5.69 Å². The van der Waals surface area contributed by atoms with Crippen LogP contribution in [0, 0.1) is 0 Å². The zero-order valence-corrected chi connectivity index (χ0v) is 9.51. The number of pyridine rings is 1. The van der Waals surface area contributed by atoms with Crippen molar-refractivity contribution in [3.05, 3.63) is 23.5 Å². The van der Waals surface area contributed by atoms with E-state index in [-0.39, 0.29) is 12.3 Å². The van der Waals surface area contributed by atoms with Crippen LogP contribution in [-0.4, -0.2) is 16.4 Å². The van der Waals surface area contributed by atoms with Crippen molar-refractivity contribution in [3.63, 3.8) is 0 Å². The van der Waals surface area contributed by atoms with Crippen molar-refractivity contribution in [1.29, 1.82) is 0 Å². The second-order valence-electron chi connectivity index (χ2n) is 4.08. The van der Waals surface area contributed by atoms with Gasteiger partial charge < -0.3 is 11.1 Å². The van der Waals surface area contributed by atoms with Crippen molar-refractivity contribution in [2.75, 3.05) is 5.32 Å². The van der Waals surface area contributed by atoms with E-state index in [1.165, 1.54) is 6.20 Å². The fourth-order valence-electron chi connectivity index (χ4n) is 1.07. The van der Waals surface area contributed by atoms with E-state index >= 15 is 0 Å². The van der Waals surface area contributed by atoms with Crippen molar-refractivity contribution in [2.24, 2.45) is 5.73 Å². The summed E-state index contributed by atoms with van der Waals surface area (Å²) >= 11 is 5.61. The maximum Gasteiger partial charge on any atom is 0.226 e. The third-order valence-corrected chi connectivity index (χ3v) is 1.85. The van der Waals surface area contributed by atoms with Gasteiger partial charge in [0.2, 0.25) is 5.91 Å². The van der Waals surface area contributed by atoms with Crippen LogP contribution in [0.25, 0.3) is 0 Å². The lowest BCUT2D eigenvalue weighted by atomic mass is 10.0. The van der Waals surface area contributed by atoms with E-state index in [1.54, 1.807) is 26.0 Å². The molecule has 1 rings (SSSR count). The van der Waals surface area contributed by atoms with Crippen LogP contribution >= 0.6 is 11.6 Å². The summed E-state index contributed by atoms with van der Waals surface area (Å²) in [5.41, 5.74) is 5.83. The van der Waals surface area contributed by atoms with Crippen molar-refractivity contribution < 1.29 is 4.79 Å². The number of anilines is 1. The van der Waals surface area contributed by atoms with Crippen LogP contribution in [0.3, 0.4) is 0 Å². The number of nitrogens with one attached hydrogen (secondary N) is 1. The fourth-order valence-corrected chi connectivity index (χ4v) is 1.18. The Bertz CT molecular complexity index is 343. The number of hydrogen-bond donors (Lipinski definition) is 2. The third-order valence-electron chi connectivity index (χ3n) is 1.63. The quantitative estimate of drug-likeness (QED) is 0.774. The number of hydrogen-bond acceptors (Lipinski definition) is 3. The molecule has 0 bridgehead atoms. The Balaban J connectivity index is 2.55. The minimum absolute atomic E-state index is 0.133. The van der Waals surface area contributed by atoms with Gasteiger partial charge >= 0.3 is 0 Å². The largest absolute Gasteiger partial charge is 0.325 e. The molecule has 1 aromatic heterocycles. The molecule has 4 nitrogen and oxygen atoms in total. The van der Waals surface area contributed by atoms with Gasteiger partial charge in [0.05, 0.1) is 11.9 Å². The Hall–Kier alpha value is -1.13. The highest BCUT2D eigenvalue weighted by molar-refractivity contribution is 6.29. The highest BCUT2D eigenvalue weighted by Gasteiger charge is 2.16. The Morgan fingerprint density at radius 2 is 2.27 bits per heavy atom. The van der Waals surface area contributed by atoms with E-state index in [0.29, 0.717) is 10.8 Å². The van der Waals surface area contributed by atoms with Crippen LogP contribution < -0.4 is 11.1 Å². The molecular weight excluding hydrogens is 214 g/mol. The molecule has 1 heterocycles. The molecule has 0 fully saturated rings. The lowest BCUT2D eigenvalue weighted by molar-refractivity contribution is -0.117. The van der Waals surface area contributed by atoms with Gasteiger partial charge in [0.1, 0.15) is 5.15 Å². The molecular formula is C10H14ClN3O. The normalized spacial score (nSPS) is 11.2. The first kappa shape index (κ1) is 11.9. The smallest absolute Gasteiger partial charge is 0.226 e. The van der Waals surface area contributed by atoms with Crippen LogP contribution in [-0.2, 0) is 4.79 Å². The molecule has 0 aliphatic carbocycles. The second kappa shape index (κ2) is 4.59. The summed E-state index contributed by atoms with van der Waals surface area (Å²) in [6, 6.07) is 3.31. The average molecular weight is 228 g/mol. The summed E-state index contributed by atoms with van der Waals surface area (Å²) in [5.74, 6) is -0.133. The van der Waals surface area contributed by atoms with Crippen molar-refractivity contribution in [2.45, 2.75) is 25.8 Å². The molecule has 82 valence electrons. The summed E-state index contributed by atoms with van der Waals surface area (Å²) in [4.78, 5) is 15.3. The minimum atomic E-state index is -0.510. The molecule has 0 aliphatic heterocycles. The lowest BCUT2D eigenvalue weighted by Crippen LogP contribution is -2.36. The summed E-state index contributed by atoms with van der Waals surface area (Å²) in [5, 5.41) is 3.08. The number of carbonyl (C=O) groups excluding carboxylic acids is 1. The van der Waals surface area contributed by atoms with Crippen LogP contribution in [0.2, 0.25) is 5.15 Å². The first-order chi connectivity index (χ1) is 6.87. The molecule has 0 aliphatic rings. The van der Waals surface area contributed by atoms with Gasteiger partial charge in [0, 0.05) is 12.0 Å². The predicted octanol–water partition coefficient (Wildman–Crippen LogP) is 1.80. The summed E-state index contributed by atoms with van der Waals surface area (Å²) in [6.07, 6.45) is 1.76. The van der Waals surface area contributed by atoms with E-state index in [1.807, 2.05) is 0 Å². The van der Waals surface area contributed by atoms with Gasteiger partial charge in [-0.25, -0.2) is 4.98 Å². The molecule has 3 N–H and O–H groups in total. The number of carbonyl (C=O) groups is 1. The molecule has 0 saturated carbocycles. The van der Waals surface area contributed by atoms with E-state index < -0.39 is 5.54 Å². The summed E-state index contributed by atoms with van der Waals surface area (Å²) in [7, 11) is 0. The van der Waals surface area contributed by atoms with Gasteiger partial charge in [0.25, 0.3) is 0 Å². The first-order valence-electron chi connectivity index (χ1n) is 4.57. The molecule has 0 saturated heterocycles. The van der Waals surface area contributed by atoms with Crippen molar-refractivity contribution in [3.8, 4) is 0 Å². The van der Waals surface area contributed by atoms with Crippen LogP contribution in [0.5, 0.6) is 0 Å². The molecule has 1 amide bonds. The molecule has 0 radical (unpaired) electrons. The number of amides is 1. The third kappa shape index (κ3) is 4.76. The zero-order chi connectivity index (χ0) is 11.5. The lowest BCUT2D eigenvalue weighted by Gasteiger charge is -2.17. The summed E-state index contributed by atoms with van der Waals surface area (Å²) < 4.78 is 0. The van der Waals surface area contributed by atoms with Gasteiger partial charge in [-0.2, -0.15) is 0 Å². The average Bonchev–Trinajstić information content (AvgIpc) is 2.05. The van der Waals surface area contributed by atoms with Gasteiger partial charge in [-0.05, 0) is 26.0 Å². The number of nitrogens with zero attached hydrogens (tertiary/aromatic N) is 1. The monoisotopic (exact) mass is 227 g/mol. The topological polar surface area (TPSA) is 68.0 Å². The predicted molar refractivity (Wildman–Crippen MR) is 60.8 cm³/mol. The van der Waals surface area contributed by atoms with E-state index in [0.717, 1.165) is 0 Å². The fraction of sp³-hybridized carbons (Fsp3) is 0.400.